The molecule has 14 heavy (non-hydrogen) atoms. The Hall–Kier alpha value is -2.22. The number of dihydropyridines is 1. The molecular formula is C9H9N3O2. The molecule has 1 rings (SSSR count). The van der Waals surface area contributed by atoms with E-state index in [0.717, 1.165) is 0 Å². The van der Waals surface area contributed by atoms with Crippen molar-refractivity contribution in [3.8, 4) is 6.07 Å². The van der Waals surface area contributed by atoms with E-state index in [1.165, 1.54) is 13.3 Å². The average Bonchev–Trinajstić information content (AvgIpc) is 2.21. The van der Waals surface area contributed by atoms with E-state index in [1.807, 2.05) is 0 Å². The largest absolute Gasteiger partial charge is 0.465 e. The molecule has 0 atom stereocenters. The highest BCUT2D eigenvalue weighted by Crippen LogP contribution is 2.09. The third-order valence-corrected chi connectivity index (χ3v) is 1.61. The van der Waals surface area contributed by atoms with Gasteiger partial charge < -0.3 is 15.8 Å². The summed E-state index contributed by atoms with van der Waals surface area (Å²) in [6, 6.07) is 1.76. The number of esters is 1. The number of ether oxygens (including phenoxy) is 1. The lowest BCUT2D eigenvalue weighted by molar-refractivity contribution is -0.135. The monoisotopic (exact) mass is 191 g/mol. The van der Waals surface area contributed by atoms with E-state index in [0.29, 0.717) is 11.4 Å². The number of carbonyl (C=O) groups is 1. The van der Waals surface area contributed by atoms with Gasteiger partial charge in [-0.1, -0.05) is 0 Å². The molecule has 0 aromatic rings. The first-order chi connectivity index (χ1) is 6.69. The smallest absolute Gasteiger partial charge is 0.350 e. The van der Waals surface area contributed by atoms with Crippen LogP contribution in [0.2, 0.25) is 0 Å². The summed E-state index contributed by atoms with van der Waals surface area (Å²) in [5.41, 5.74) is 6.27. The number of nitriles is 1. The standard InChI is InChI=1S/C9H9N3O2/c1-14-9(13)7(4-10)8-3-2-6(11)5-12-8/h2-3,5,12H,11H2,1H3/b8-7+. The molecule has 5 nitrogen and oxygen atoms in total. The van der Waals surface area contributed by atoms with Gasteiger partial charge in [-0.25, -0.2) is 4.79 Å². The number of methoxy groups -OCH3 is 1. The molecule has 0 fully saturated rings. The molecule has 0 saturated carbocycles. The second-order valence-electron chi connectivity index (χ2n) is 2.51. The van der Waals surface area contributed by atoms with Crippen molar-refractivity contribution in [2.24, 2.45) is 5.73 Å². The predicted molar refractivity (Wildman–Crippen MR) is 49.2 cm³/mol. The maximum absolute atomic E-state index is 11.1. The number of nitrogens with one attached hydrogen (secondary N) is 1. The summed E-state index contributed by atoms with van der Waals surface area (Å²) in [7, 11) is 1.22. The molecule has 0 unspecified atom stereocenters. The van der Waals surface area contributed by atoms with E-state index in [4.69, 9.17) is 11.0 Å². The van der Waals surface area contributed by atoms with Crippen molar-refractivity contribution < 1.29 is 9.53 Å². The Balaban J connectivity index is 3.00. The maximum atomic E-state index is 11.1. The van der Waals surface area contributed by atoms with E-state index in [2.05, 4.69) is 10.1 Å². The fraction of sp³-hybridized carbons (Fsp3) is 0.111. The Morgan fingerprint density at radius 3 is 2.79 bits per heavy atom. The van der Waals surface area contributed by atoms with Gasteiger partial charge in [0.05, 0.1) is 12.8 Å². The predicted octanol–water partition coefficient (Wildman–Crippen LogP) is -0.103. The first kappa shape index (κ1) is 9.86. The fourth-order valence-electron chi connectivity index (χ4n) is 0.910. The summed E-state index contributed by atoms with van der Waals surface area (Å²) in [5.74, 6) is -0.673. The highest BCUT2D eigenvalue weighted by molar-refractivity contribution is 5.94. The highest BCUT2D eigenvalue weighted by atomic mass is 16.5. The van der Waals surface area contributed by atoms with Crippen molar-refractivity contribution >= 4 is 5.97 Å². The quantitative estimate of drug-likeness (QED) is 0.343. The maximum Gasteiger partial charge on any atom is 0.350 e. The van der Waals surface area contributed by atoms with Gasteiger partial charge in [0.1, 0.15) is 6.07 Å². The fourth-order valence-corrected chi connectivity index (χ4v) is 0.910. The summed E-state index contributed by atoms with van der Waals surface area (Å²) < 4.78 is 4.44. The van der Waals surface area contributed by atoms with Crippen LogP contribution in [0.4, 0.5) is 0 Å². The van der Waals surface area contributed by atoms with Crippen LogP contribution >= 0.6 is 0 Å². The highest BCUT2D eigenvalue weighted by Gasteiger charge is 2.14. The molecule has 5 heteroatoms. The normalized spacial score (nSPS) is 17.6. The SMILES string of the molecule is COC(=O)/C(C#N)=C1\C=CC(N)=CN1. The van der Waals surface area contributed by atoms with E-state index in [9.17, 15) is 4.79 Å². The Morgan fingerprint density at radius 2 is 2.36 bits per heavy atom. The minimum atomic E-state index is -0.673. The second kappa shape index (κ2) is 4.14. The van der Waals surface area contributed by atoms with Crippen LogP contribution in [0.5, 0.6) is 0 Å². The lowest BCUT2D eigenvalue weighted by Gasteiger charge is -2.09. The first-order valence-corrected chi connectivity index (χ1v) is 3.82. The minimum Gasteiger partial charge on any atom is -0.465 e. The number of allylic oxidation sites excluding steroid dienone is 2. The van der Waals surface area contributed by atoms with Crippen LogP contribution < -0.4 is 11.1 Å². The van der Waals surface area contributed by atoms with Gasteiger partial charge >= 0.3 is 5.97 Å². The number of nitrogens with zero attached hydrogens (tertiary/aromatic N) is 1. The summed E-state index contributed by atoms with van der Waals surface area (Å²) in [6.07, 6.45) is 4.63. The molecular weight excluding hydrogens is 182 g/mol. The van der Waals surface area contributed by atoms with E-state index < -0.39 is 5.97 Å². The van der Waals surface area contributed by atoms with Gasteiger partial charge in [-0.2, -0.15) is 5.26 Å². The van der Waals surface area contributed by atoms with Crippen molar-refractivity contribution in [3.05, 3.63) is 35.3 Å². The Bertz CT molecular complexity index is 385. The lowest BCUT2D eigenvalue weighted by atomic mass is 10.1. The molecule has 0 aliphatic carbocycles. The summed E-state index contributed by atoms with van der Waals surface area (Å²) >= 11 is 0. The van der Waals surface area contributed by atoms with Crippen molar-refractivity contribution in [2.45, 2.75) is 0 Å². The van der Waals surface area contributed by atoms with Crippen molar-refractivity contribution in [2.75, 3.05) is 7.11 Å². The number of hydrogen-bond acceptors (Lipinski definition) is 5. The van der Waals surface area contributed by atoms with Crippen LogP contribution in [-0.2, 0) is 9.53 Å². The molecule has 1 aliphatic rings. The van der Waals surface area contributed by atoms with E-state index >= 15 is 0 Å². The molecule has 0 radical (unpaired) electrons. The summed E-state index contributed by atoms with van der Waals surface area (Å²) in [4.78, 5) is 11.1. The van der Waals surface area contributed by atoms with E-state index in [1.54, 1.807) is 18.2 Å². The first-order valence-electron chi connectivity index (χ1n) is 3.82. The van der Waals surface area contributed by atoms with Crippen LogP contribution in [0.1, 0.15) is 0 Å². The molecule has 72 valence electrons. The molecule has 1 aliphatic heterocycles. The molecule has 0 spiro atoms. The molecule has 0 aromatic carbocycles. The Kier molecular flexibility index (Phi) is 2.92. The lowest BCUT2D eigenvalue weighted by Crippen LogP contribution is -2.17. The Labute approximate surface area is 81.1 Å². The zero-order valence-electron chi connectivity index (χ0n) is 7.57. The molecule has 3 N–H and O–H groups in total. The van der Waals surface area contributed by atoms with Crippen molar-refractivity contribution in [1.82, 2.24) is 5.32 Å². The van der Waals surface area contributed by atoms with Gasteiger partial charge in [0.25, 0.3) is 0 Å². The van der Waals surface area contributed by atoms with Crippen LogP contribution in [0.3, 0.4) is 0 Å². The van der Waals surface area contributed by atoms with E-state index in [-0.39, 0.29) is 5.57 Å². The third-order valence-electron chi connectivity index (χ3n) is 1.61. The third kappa shape index (κ3) is 1.93. The molecule has 0 amide bonds. The number of rotatable bonds is 1. The summed E-state index contributed by atoms with van der Waals surface area (Å²) in [5, 5.41) is 11.4. The van der Waals surface area contributed by atoms with Crippen LogP contribution in [0.15, 0.2) is 35.3 Å². The average molecular weight is 191 g/mol. The number of carbonyl (C=O) groups excluding carboxylic acids is 1. The molecule has 0 aromatic heterocycles. The van der Waals surface area contributed by atoms with Gasteiger partial charge in [0, 0.05) is 11.9 Å². The zero-order chi connectivity index (χ0) is 10.6. The van der Waals surface area contributed by atoms with Crippen molar-refractivity contribution in [3.63, 3.8) is 0 Å². The van der Waals surface area contributed by atoms with Crippen molar-refractivity contribution in [1.29, 1.82) is 5.26 Å². The van der Waals surface area contributed by atoms with Gasteiger partial charge in [-0.15, -0.1) is 0 Å². The molecule has 1 heterocycles. The number of hydrogen-bond donors (Lipinski definition) is 2. The minimum absolute atomic E-state index is 0.0764. The second-order valence-corrected chi connectivity index (χ2v) is 2.51. The zero-order valence-corrected chi connectivity index (χ0v) is 7.57. The van der Waals surface area contributed by atoms with Gasteiger partial charge in [0.2, 0.25) is 0 Å². The van der Waals surface area contributed by atoms with Gasteiger partial charge in [0.15, 0.2) is 5.57 Å². The topological polar surface area (TPSA) is 88.1 Å². The van der Waals surface area contributed by atoms with Crippen LogP contribution in [0, 0.1) is 11.3 Å². The molecule has 0 bridgehead atoms. The van der Waals surface area contributed by atoms with Gasteiger partial charge in [-0.3, -0.25) is 0 Å². The summed E-state index contributed by atoms with van der Waals surface area (Å²) in [6.45, 7) is 0. The molecule has 0 saturated heterocycles. The number of nitrogens with two attached hydrogens (primary N) is 1. The van der Waals surface area contributed by atoms with Crippen LogP contribution in [0.25, 0.3) is 0 Å². The van der Waals surface area contributed by atoms with Gasteiger partial charge in [-0.05, 0) is 12.2 Å². The van der Waals surface area contributed by atoms with Crippen LogP contribution in [-0.4, -0.2) is 13.1 Å². The Morgan fingerprint density at radius 1 is 1.64 bits per heavy atom.